The Bertz CT molecular complexity index is 436. The Morgan fingerprint density at radius 3 is 2.89 bits per heavy atom. The number of H-pyrrole nitrogens is 1. The van der Waals surface area contributed by atoms with Crippen molar-refractivity contribution in [1.29, 1.82) is 0 Å². The van der Waals surface area contributed by atoms with Crippen LogP contribution in [0.15, 0.2) is 12.4 Å². The molecular weight excluding hydrogens is 242 g/mol. The van der Waals surface area contributed by atoms with Crippen molar-refractivity contribution in [3.8, 4) is 0 Å². The zero-order valence-electron chi connectivity index (χ0n) is 12.2. The topological polar surface area (TPSA) is 58.2 Å². The van der Waals surface area contributed by atoms with Crippen LogP contribution in [-0.2, 0) is 15.1 Å². The van der Waals surface area contributed by atoms with Gasteiger partial charge in [-0.05, 0) is 47.1 Å². The van der Waals surface area contributed by atoms with E-state index in [1.807, 2.05) is 27.0 Å². The van der Waals surface area contributed by atoms with Gasteiger partial charge in [-0.15, -0.1) is 0 Å². The number of nitrogens with one attached hydrogen (secondary N) is 1. The van der Waals surface area contributed by atoms with Crippen molar-refractivity contribution < 1.29 is 9.53 Å². The second-order valence-corrected chi connectivity index (χ2v) is 6.32. The van der Waals surface area contributed by atoms with E-state index in [2.05, 4.69) is 21.8 Å². The Labute approximate surface area is 114 Å². The molecule has 1 aromatic heterocycles. The van der Waals surface area contributed by atoms with Crippen LogP contribution < -0.4 is 0 Å². The van der Waals surface area contributed by atoms with Crippen LogP contribution in [0.5, 0.6) is 0 Å². The molecule has 0 radical (unpaired) electrons. The molecule has 0 aromatic carbocycles. The van der Waals surface area contributed by atoms with E-state index in [9.17, 15) is 4.79 Å². The van der Waals surface area contributed by atoms with Crippen molar-refractivity contribution in [3.63, 3.8) is 0 Å². The highest BCUT2D eigenvalue weighted by molar-refractivity contribution is 5.72. The van der Waals surface area contributed by atoms with Crippen LogP contribution in [0.4, 0.5) is 0 Å². The molecule has 1 aliphatic heterocycles. The number of ether oxygens (including phenoxy) is 1. The van der Waals surface area contributed by atoms with Gasteiger partial charge in [-0.1, -0.05) is 0 Å². The van der Waals surface area contributed by atoms with Gasteiger partial charge in [0.15, 0.2) is 0 Å². The fourth-order valence-electron chi connectivity index (χ4n) is 2.63. The molecule has 2 rings (SSSR count). The third-order valence-electron chi connectivity index (χ3n) is 3.54. The Morgan fingerprint density at radius 1 is 1.58 bits per heavy atom. The summed E-state index contributed by atoms with van der Waals surface area (Å²) in [5, 5.41) is 0. The number of aromatic nitrogens is 2. The van der Waals surface area contributed by atoms with Gasteiger partial charge in [0.1, 0.15) is 11.4 Å². The minimum atomic E-state index is -0.433. The number of rotatable bonds is 3. The Hall–Kier alpha value is -1.36. The first-order chi connectivity index (χ1) is 8.81. The van der Waals surface area contributed by atoms with E-state index in [1.54, 1.807) is 6.20 Å². The molecular formula is C14H23N3O2. The van der Waals surface area contributed by atoms with Crippen LogP contribution in [-0.4, -0.2) is 39.5 Å². The summed E-state index contributed by atoms with van der Waals surface area (Å²) >= 11 is 0. The summed E-state index contributed by atoms with van der Waals surface area (Å²) in [6.07, 6.45) is 5.65. The minimum absolute atomic E-state index is 0.174. The Balaban J connectivity index is 2.06. The molecule has 0 spiro atoms. The number of hydrogen-bond acceptors (Lipinski definition) is 4. The third-order valence-corrected chi connectivity index (χ3v) is 3.54. The number of carbonyl (C=O) groups is 1. The molecule has 1 atom stereocenters. The van der Waals surface area contributed by atoms with E-state index in [0.29, 0.717) is 6.54 Å². The van der Waals surface area contributed by atoms with Gasteiger partial charge >= 0.3 is 5.97 Å². The van der Waals surface area contributed by atoms with Crippen molar-refractivity contribution in [3.05, 3.63) is 18.2 Å². The van der Waals surface area contributed by atoms with Crippen molar-refractivity contribution in [2.75, 3.05) is 13.1 Å². The predicted molar refractivity (Wildman–Crippen MR) is 72.6 cm³/mol. The predicted octanol–water partition coefficient (Wildman–Crippen LogP) is 2.06. The summed E-state index contributed by atoms with van der Waals surface area (Å²) in [7, 11) is 0. The SMILES string of the molecule is CC(C)(C)OC(=O)CN1CCCC1(C)c1ncc[nH]1. The van der Waals surface area contributed by atoms with Crippen LogP contribution in [0.2, 0.25) is 0 Å². The van der Waals surface area contributed by atoms with Crippen LogP contribution in [0.1, 0.15) is 46.4 Å². The number of hydrogen-bond donors (Lipinski definition) is 1. The molecule has 5 heteroatoms. The van der Waals surface area contributed by atoms with Gasteiger partial charge in [0, 0.05) is 12.4 Å². The monoisotopic (exact) mass is 265 g/mol. The quantitative estimate of drug-likeness (QED) is 0.850. The lowest BCUT2D eigenvalue weighted by Gasteiger charge is -2.33. The second-order valence-electron chi connectivity index (χ2n) is 6.32. The molecule has 1 saturated heterocycles. The van der Waals surface area contributed by atoms with Crippen molar-refractivity contribution in [2.24, 2.45) is 0 Å². The molecule has 0 aliphatic carbocycles. The molecule has 106 valence electrons. The van der Waals surface area contributed by atoms with Crippen molar-refractivity contribution in [2.45, 2.75) is 51.7 Å². The first kappa shape index (κ1) is 14.1. The molecule has 19 heavy (non-hydrogen) atoms. The van der Waals surface area contributed by atoms with Gasteiger partial charge in [-0.2, -0.15) is 0 Å². The first-order valence-corrected chi connectivity index (χ1v) is 6.78. The van der Waals surface area contributed by atoms with Crippen LogP contribution in [0.3, 0.4) is 0 Å². The van der Waals surface area contributed by atoms with Gasteiger partial charge in [-0.3, -0.25) is 9.69 Å². The summed E-state index contributed by atoms with van der Waals surface area (Å²) in [6, 6.07) is 0. The fraction of sp³-hybridized carbons (Fsp3) is 0.714. The maximum atomic E-state index is 12.0. The lowest BCUT2D eigenvalue weighted by atomic mass is 9.98. The Kier molecular flexibility index (Phi) is 3.67. The fourth-order valence-corrected chi connectivity index (χ4v) is 2.63. The molecule has 1 unspecified atom stereocenters. The molecule has 1 aliphatic rings. The summed E-state index contributed by atoms with van der Waals surface area (Å²) in [4.78, 5) is 21.6. The highest BCUT2D eigenvalue weighted by atomic mass is 16.6. The largest absolute Gasteiger partial charge is 0.459 e. The van der Waals surface area contributed by atoms with Crippen LogP contribution >= 0.6 is 0 Å². The molecule has 1 N–H and O–H groups in total. The standard InChI is InChI=1S/C14H23N3O2/c1-13(2,3)19-11(18)10-17-9-5-6-14(17,4)12-15-7-8-16-12/h7-8H,5-6,9-10H2,1-4H3,(H,15,16). The van der Waals surface area contributed by atoms with E-state index < -0.39 is 5.60 Å². The number of aromatic amines is 1. The third kappa shape index (κ3) is 3.15. The zero-order chi connectivity index (χ0) is 14.1. The summed E-state index contributed by atoms with van der Waals surface area (Å²) in [6.45, 7) is 9.01. The Morgan fingerprint density at radius 2 is 2.32 bits per heavy atom. The lowest BCUT2D eigenvalue weighted by molar-refractivity contribution is -0.157. The number of nitrogens with zero attached hydrogens (tertiary/aromatic N) is 2. The highest BCUT2D eigenvalue weighted by Crippen LogP contribution is 2.36. The summed E-state index contributed by atoms with van der Waals surface area (Å²) in [5.41, 5.74) is -0.627. The molecule has 1 aromatic rings. The molecule has 5 nitrogen and oxygen atoms in total. The molecule has 1 fully saturated rings. The van der Waals surface area contributed by atoms with E-state index in [0.717, 1.165) is 25.2 Å². The number of likely N-dealkylation sites (tertiary alicyclic amines) is 1. The molecule has 2 heterocycles. The van der Waals surface area contributed by atoms with Crippen molar-refractivity contribution in [1.82, 2.24) is 14.9 Å². The molecule has 0 amide bonds. The van der Waals surface area contributed by atoms with E-state index in [1.165, 1.54) is 0 Å². The number of imidazole rings is 1. The first-order valence-electron chi connectivity index (χ1n) is 6.78. The number of carbonyl (C=O) groups excluding carboxylic acids is 1. The zero-order valence-corrected chi connectivity index (χ0v) is 12.2. The van der Waals surface area contributed by atoms with E-state index in [-0.39, 0.29) is 11.5 Å². The van der Waals surface area contributed by atoms with E-state index in [4.69, 9.17) is 4.74 Å². The van der Waals surface area contributed by atoms with Gasteiger partial charge in [0.05, 0.1) is 12.1 Å². The van der Waals surface area contributed by atoms with Gasteiger partial charge in [-0.25, -0.2) is 4.98 Å². The lowest BCUT2D eigenvalue weighted by Crippen LogP contribution is -2.44. The summed E-state index contributed by atoms with van der Waals surface area (Å²) in [5.74, 6) is 0.751. The van der Waals surface area contributed by atoms with Gasteiger partial charge in [0.2, 0.25) is 0 Å². The van der Waals surface area contributed by atoms with Gasteiger partial charge in [0.25, 0.3) is 0 Å². The normalized spacial score (nSPS) is 24.6. The highest BCUT2D eigenvalue weighted by Gasteiger charge is 2.41. The average Bonchev–Trinajstić information content (AvgIpc) is 2.87. The maximum Gasteiger partial charge on any atom is 0.320 e. The number of esters is 1. The molecule has 0 saturated carbocycles. The van der Waals surface area contributed by atoms with E-state index >= 15 is 0 Å². The van der Waals surface area contributed by atoms with Crippen LogP contribution in [0.25, 0.3) is 0 Å². The summed E-state index contributed by atoms with van der Waals surface area (Å²) < 4.78 is 5.40. The average molecular weight is 265 g/mol. The van der Waals surface area contributed by atoms with Crippen LogP contribution in [0, 0.1) is 0 Å². The maximum absolute atomic E-state index is 12.0. The molecule has 0 bridgehead atoms. The smallest absolute Gasteiger partial charge is 0.320 e. The second kappa shape index (κ2) is 4.96. The van der Waals surface area contributed by atoms with Crippen molar-refractivity contribution >= 4 is 5.97 Å². The van der Waals surface area contributed by atoms with Gasteiger partial charge < -0.3 is 9.72 Å². The minimum Gasteiger partial charge on any atom is -0.459 e.